The molecule has 1 aliphatic rings. The number of alkyl halides is 1. The second kappa shape index (κ2) is 4.87. The fourth-order valence-electron chi connectivity index (χ4n) is 1.58. The summed E-state index contributed by atoms with van der Waals surface area (Å²) in [6, 6.07) is 5.59. The lowest BCUT2D eigenvalue weighted by Crippen LogP contribution is -2.42. The van der Waals surface area contributed by atoms with Crippen molar-refractivity contribution >= 4 is 11.9 Å². The number of benzene rings is 1. The van der Waals surface area contributed by atoms with Crippen molar-refractivity contribution in [1.29, 1.82) is 0 Å². The van der Waals surface area contributed by atoms with Gasteiger partial charge in [0.15, 0.2) is 0 Å². The Morgan fingerprint density at radius 3 is 2.63 bits per heavy atom. The molecule has 1 atom stereocenters. The van der Waals surface area contributed by atoms with Gasteiger partial charge in [0.05, 0.1) is 0 Å². The van der Waals surface area contributed by atoms with Crippen molar-refractivity contribution in [2.75, 3.05) is 0 Å². The molecule has 0 aromatic heterocycles. The van der Waals surface area contributed by atoms with Gasteiger partial charge in [-0.15, -0.1) is 0 Å². The fourth-order valence-corrected chi connectivity index (χ4v) is 1.58. The number of hydrogen-bond acceptors (Lipinski definition) is 3. The SMILES string of the molecule is CC1(NC(=O)C(F)Oc2ccccc2C(=O)O)CC1. The Labute approximate surface area is 109 Å². The molecule has 1 aliphatic carbocycles. The molecule has 1 aromatic carbocycles. The zero-order valence-electron chi connectivity index (χ0n) is 10.4. The molecule has 0 aliphatic heterocycles. The maximum absolute atomic E-state index is 13.7. The van der Waals surface area contributed by atoms with Crippen LogP contribution in [-0.4, -0.2) is 28.9 Å². The van der Waals surface area contributed by atoms with Crippen molar-refractivity contribution < 1.29 is 23.8 Å². The smallest absolute Gasteiger partial charge is 0.339 e. The van der Waals surface area contributed by atoms with Gasteiger partial charge in [0.2, 0.25) is 0 Å². The van der Waals surface area contributed by atoms with Gasteiger partial charge in [-0.1, -0.05) is 12.1 Å². The molecule has 0 spiro atoms. The number of ether oxygens (including phenoxy) is 1. The molecule has 19 heavy (non-hydrogen) atoms. The molecule has 1 unspecified atom stereocenters. The second-order valence-corrected chi connectivity index (χ2v) is 4.79. The van der Waals surface area contributed by atoms with Crippen molar-refractivity contribution in [1.82, 2.24) is 5.32 Å². The lowest BCUT2D eigenvalue weighted by molar-refractivity contribution is -0.136. The van der Waals surface area contributed by atoms with E-state index in [1.807, 2.05) is 6.92 Å². The van der Waals surface area contributed by atoms with Crippen LogP contribution in [0.1, 0.15) is 30.1 Å². The molecule has 102 valence electrons. The average molecular weight is 267 g/mol. The normalized spacial score (nSPS) is 17.4. The van der Waals surface area contributed by atoms with Gasteiger partial charge < -0.3 is 15.2 Å². The number of hydrogen-bond donors (Lipinski definition) is 2. The topological polar surface area (TPSA) is 75.6 Å². The number of nitrogens with one attached hydrogen (secondary N) is 1. The number of rotatable bonds is 5. The van der Waals surface area contributed by atoms with E-state index in [1.165, 1.54) is 24.3 Å². The van der Waals surface area contributed by atoms with Crippen molar-refractivity contribution in [2.45, 2.75) is 31.7 Å². The van der Waals surface area contributed by atoms with Crippen molar-refractivity contribution in [3.63, 3.8) is 0 Å². The highest BCUT2D eigenvalue weighted by Crippen LogP contribution is 2.34. The Balaban J connectivity index is 2.04. The summed E-state index contributed by atoms with van der Waals surface area (Å²) in [6.07, 6.45) is -0.619. The van der Waals surface area contributed by atoms with Crippen LogP contribution in [0, 0.1) is 0 Å². The maximum Gasteiger partial charge on any atom is 0.339 e. The van der Waals surface area contributed by atoms with Gasteiger partial charge in [-0.25, -0.2) is 4.79 Å². The third-order valence-corrected chi connectivity index (χ3v) is 2.98. The van der Waals surface area contributed by atoms with E-state index in [9.17, 15) is 14.0 Å². The van der Waals surface area contributed by atoms with E-state index in [-0.39, 0.29) is 16.9 Å². The van der Waals surface area contributed by atoms with Crippen molar-refractivity contribution in [3.8, 4) is 5.75 Å². The number of para-hydroxylation sites is 1. The summed E-state index contributed by atoms with van der Waals surface area (Å²) >= 11 is 0. The minimum Gasteiger partial charge on any atom is -0.478 e. The molecule has 1 saturated carbocycles. The molecular formula is C13H14FNO4. The van der Waals surface area contributed by atoms with Crippen LogP contribution in [0.3, 0.4) is 0 Å². The highest BCUT2D eigenvalue weighted by molar-refractivity contribution is 5.91. The zero-order chi connectivity index (χ0) is 14.0. The van der Waals surface area contributed by atoms with Crippen molar-refractivity contribution in [3.05, 3.63) is 29.8 Å². The van der Waals surface area contributed by atoms with Crippen molar-refractivity contribution in [2.24, 2.45) is 0 Å². The van der Waals surface area contributed by atoms with Gasteiger partial charge in [-0.05, 0) is 31.9 Å². The molecule has 2 rings (SSSR count). The van der Waals surface area contributed by atoms with Crippen LogP contribution in [0.25, 0.3) is 0 Å². The van der Waals surface area contributed by atoms with E-state index >= 15 is 0 Å². The van der Waals surface area contributed by atoms with Gasteiger partial charge in [-0.2, -0.15) is 4.39 Å². The Hall–Kier alpha value is -2.11. The number of amides is 1. The molecule has 0 radical (unpaired) electrons. The molecule has 1 fully saturated rings. The molecule has 6 heteroatoms. The first-order valence-electron chi connectivity index (χ1n) is 5.86. The summed E-state index contributed by atoms with van der Waals surface area (Å²) in [7, 11) is 0. The molecule has 0 bridgehead atoms. The van der Waals surface area contributed by atoms with Crippen LogP contribution in [0.4, 0.5) is 4.39 Å². The summed E-state index contributed by atoms with van der Waals surface area (Å²) < 4.78 is 18.4. The Morgan fingerprint density at radius 1 is 1.42 bits per heavy atom. The van der Waals surface area contributed by atoms with E-state index in [2.05, 4.69) is 5.32 Å². The third-order valence-electron chi connectivity index (χ3n) is 2.98. The molecule has 0 heterocycles. The molecule has 0 saturated heterocycles. The van der Waals surface area contributed by atoms with Gasteiger partial charge >= 0.3 is 12.3 Å². The van der Waals surface area contributed by atoms with Crippen LogP contribution >= 0.6 is 0 Å². The number of carboxylic acid groups (broad SMARTS) is 1. The van der Waals surface area contributed by atoms with Crippen LogP contribution in [0.15, 0.2) is 24.3 Å². The quantitative estimate of drug-likeness (QED) is 0.851. The van der Waals surface area contributed by atoms with E-state index < -0.39 is 18.2 Å². The predicted octanol–water partition coefficient (Wildman–Crippen LogP) is 1.73. The van der Waals surface area contributed by atoms with E-state index in [0.717, 1.165) is 12.8 Å². The highest BCUT2D eigenvalue weighted by atomic mass is 19.1. The molecule has 1 amide bonds. The molecular weight excluding hydrogens is 253 g/mol. The van der Waals surface area contributed by atoms with E-state index in [0.29, 0.717) is 0 Å². The highest BCUT2D eigenvalue weighted by Gasteiger charge is 2.40. The van der Waals surface area contributed by atoms with E-state index in [4.69, 9.17) is 9.84 Å². The minimum absolute atomic E-state index is 0.168. The Kier molecular flexibility index (Phi) is 3.42. The predicted molar refractivity (Wildman–Crippen MR) is 64.7 cm³/mol. The number of halogens is 1. The standard InChI is InChI=1S/C13H14FNO4/c1-13(6-7-13)15-11(16)10(14)19-9-5-3-2-4-8(9)12(17)18/h2-5,10H,6-7H2,1H3,(H,15,16)(H,17,18). The first-order chi connectivity index (χ1) is 8.91. The third kappa shape index (κ3) is 3.21. The largest absolute Gasteiger partial charge is 0.478 e. The van der Waals surface area contributed by atoms with Crippen LogP contribution in [0.2, 0.25) is 0 Å². The first-order valence-corrected chi connectivity index (χ1v) is 5.86. The monoisotopic (exact) mass is 267 g/mol. The van der Waals surface area contributed by atoms with Crippen LogP contribution in [-0.2, 0) is 4.79 Å². The summed E-state index contributed by atoms with van der Waals surface area (Å²) in [5, 5.41) is 11.4. The van der Waals surface area contributed by atoms with Crippen LogP contribution in [0.5, 0.6) is 5.75 Å². The molecule has 5 nitrogen and oxygen atoms in total. The lowest BCUT2D eigenvalue weighted by Gasteiger charge is -2.16. The maximum atomic E-state index is 13.7. The molecule has 1 aromatic rings. The minimum atomic E-state index is -2.22. The van der Waals surface area contributed by atoms with Crippen LogP contribution < -0.4 is 10.1 Å². The Morgan fingerprint density at radius 2 is 2.05 bits per heavy atom. The first kappa shape index (κ1) is 13.3. The summed E-state index contributed by atoms with van der Waals surface area (Å²) in [4.78, 5) is 22.4. The van der Waals surface area contributed by atoms with Gasteiger partial charge in [0.1, 0.15) is 11.3 Å². The zero-order valence-corrected chi connectivity index (χ0v) is 10.4. The Bertz CT molecular complexity index is 513. The summed E-state index contributed by atoms with van der Waals surface area (Å²) in [5.41, 5.74) is -0.535. The average Bonchev–Trinajstić information content (AvgIpc) is 3.07. The van der Waals surface area contributed by atoms with Gasteiger partial charge in [-0.3, -0.25) is 4.79 Å². The summed E-state index contributed by atoms with van der Waals surface area (Å²) in [6.45, 7) is 1.81. The number of carbonyl (C=O) groups is 2. The summed E-state index contributed by atoms with van der Waals surface area (Å²) in [5.74, 6) is -2.30. The van der Waals surface area contributed by atoms with Gasteiger partial charge in [0, 0.05) is 5.54 Å². The number of aromatic carboxylic acids is 1. The second-order valence-electron chi connectivity index (χ2n) is 4.79. The number of carboxylic acids is 1. The van der Waals surface area contributed by atoms with E-state index in [1.54, 1.807) is 0 Å². The fraction of sp³-hybridized carbons (Fsp3) is 0.385. The van der Waals surface area contributed by atoms with Gasteiger partial charge in [0.25, 0.3) is 5.91 Å². The number of carbonyl (C=O) groups excluding carboxylic acids is 1. The molecule has 2 N–H and O–H groups in total. The lowest BCUT2D eigenvalue weighted by atomic mass is 10.2.